The van der Waals surface area contributed by atoms with Crippen molar-refractivity contribution in [1.82, 2.24) is 0 Å². The van der Waals surface area contributed by atoms with Crippen molar-refractivity contribution >= 4 is 34.6 Å². The van der Waals surface area contributed by atoms with Crippen molar-refractivity contribution in [2.45, 2.75) is 0 Å². The van der Waals surface area contributed by atoms with Gasteiger partial charge in [0.05, 0.1) is 9.83 Å². The van der Waals surface area contributed by atoms with Crippen LogP contribution in [-0.2, 0) is 4.79 Å². The van der Waals surface area contributed by atoms with Crippen LogP contribution in [0.25, 0.3) is 6.08 Å². The third-order valence-corrected chi connectivity index (χ3v) is 2.98. The van der Waals surface area contributed by atoms with E-state index >= 15 is 0 Å². The summed E-state index contributed by atoms with van der Waals surface area (Å²) >= 11 is 0.950. The number of hydrogen-bond acceptors (Lipinski definition) is 6. The second-order valence-electron chi connectivity index (χ2n) is 3.34. The van der Waals surface area contributed by atoms with E-state index in [1.54, 1.807) is 0 Å². The SMILES string of the molecule is NC1=NC(=O)/C(=C/c2cccc([N+](=O)[O-])c2O)S1. The molecule has 2 rings (SSSR count). The molecule has 0 aliphatic carbocycles. The van der Waals surface area contributed by atoms with Crippen LogP contribution in [-0.4, -0.2) is 21.1 Å². The van der Waals surface area contributed by atoms with Gasteiger partial charge in [-0.2, -0.15) is 4.99 Å². The maximum atomic E-state index is 11.3. The Hall–Kier alpha value is -2.35. The Balaban J connectivity index is 2.42. The zero-order chi connectivity index (χ0) is 13.3. The molecule has 0 radical (unpaired) electrons. The van der Waals surface area contributed by atoms with Crippen molar-refractivity contribution in [1.29, 1.82) is 0 Å². The zero-order valence-electron chi connectivity index (χ0n) is 8.86. The summed E-state index contributed by atoms with van der Waals surface area (Å²) in [6.07, 6.45) is 1.32. The fraction of sp³-hybridized carbons (Fsp3) is 0. The molecule has 0 unspecified atom stereocenters. The summed E-state index contributed by atoms with van der Waals surface area (Å²) in [6.45, 7) is 0. The standard InChI is InChI=1S/C10H7N3O4S/c11-10-12-9(15)7(18-10)4-5-2-1-3-6(8(5)14)13(16)17/h1-4,14H,(H2,11,12,15)/b7-4-. The highest BCUT2D eigenvalue weighted by atomic mass is 32.2. The number of para-hydroxylation sites is 1. The Morgan fingerprint density at radius 3 is 2.78 bits per heavy atom. The van der Waals surface area contributed by atoms with E-state index in [1.807, 2.05) is 0 Å². The molecule has 0 spiro atoms. The Morgan fingerprint density at radius 1 is 1.50 bits per heavy atom. The number of nitrogens with two attached hydrogens (primary N) is 1. The van der Waals surface area contributed by atoms with Crippen LogP contribution in [0.1, 0.15) is 5.56 Å². The molecule has 1 aliphatic rings. The summed E-state index contributed by atoms with van der Waals surface area (Å²) in [6, 6.07) is 4.04. The first-order valence-electron chi connectivity index (χ1n) is 4.73. The number of hydrogen-bond donors (Lipinski definition) is 2. The number of carbonyl (C=O) groups excluding carboxylic acids is 1. The minimum atomic E-state index is -0.703. The van der Waals surface area contributed by atoms with Crippen LogP contribution in [0, 0.1) is 10.1 Å². The molecule has 92 valence electrons. The first kappa shape index (κ1) is 12.1. The summed E-state index contributed by atoms with van der Waals surface area (Å²) in [5.74, 6) is -1.02. The van der Waals surface area contributed by atoms with E-state index in [0.29, 0.717) is 0 Å². The molecule has 3 N–H and O–H groups in total. The average Bonchev–Trinajstić information content (AvgIpc) is 2.60. The highest BCUT2D eigenvalue weighted by molar-refractivity contribution is 8.18. The van der Waals surface area contributed by atoms with E-state index in [1.165, 1.54) is 24.3 Å². The highest BCUT2D eigenvalue weighted by Crippen LogP contribution is 2.33. The first-order valence-corrected chi connectivity index (χ1v) is 5.55. The van der Waals surface area contributed by atoms with Gasteiger partial charge in [0, 0.05) is 11.6 Å². The molecular formula is C10H7N3O4S. The van der Waals surface area contributed by atoms with E-state index in [-0.39, 0.29) is 15.6 Å². The van der Waals surface area contributed by atoms with Crippen LogP contribution >= 0.6 is 11.8 Å². The molecule has 0 saturated heterocycles. The topological polar surface area (TPSA) is 119 Å². The Morgan fingerprint density at radius 2 is 2.22 bits per heavy atom. The molecule has 0 atom stereocenters. The van der Waals surface area contributed by atoms with Crippen molar-refractivity contribution in [3.8, 4) is 5.75 Å². The van der Waals surface area contributed by atoms with Crippen molar-refractivity contribution in [2.75, 3.05) is 0 Å². The lowest BCUT2D eigenvalue weighted by Crippen LogP contribution is -2.01. The molecule has 8 heteroatoms. The normalized spacial score (nSPS) is 17.0. The van der Waals surface area contributed by atoms with Crippen LogP contribution in [0.2, 0.25) is 0 Å². The Kier molecular flexibility index (Phi) is 3.02. The van der Waals surface area contributed by atoms with Crippen molar-refractivity contribution in [2.24, 2.45) is 10.7 Å². The predicted octanol–water partition coefficient (Wildman–Crippen LogP) is 1.23. The van der Waals surface area contributed by atoms with Crippen LogP contribution in [0.15, 0.2) is 28.1 Å². The predicted molar refractivity (Wildman–Crippen MR) is 67.0 cm³/mol. The molecule has 1 heterocycles. The monoisotopic (exact) mass is 265 g/mol. The highest BCUT2D eigenvalue weighted by Gasteiger charge is 2.21. The number of rotatable bonds is 2. The molecule has 1 aromatic carbocycles. The minimum Gasteiger partial charge on any atom is -0.502 e. The molecular weight excluding hydrogens is 258 g/mol. The number of nitro groups is 1. The number of nitro benzene ring substituents is 1. The molecule has 18 heavy (non-hydrogen) atoms. The quantitative estimate of drug-likeness (QED) is 0.471. The molecule has 0 bridgehead atoms. The largest absolute Gasteiger partial charge is 0.502 e. The van der Waals surface area contributed by atoms with E-state index in [0.717, 1.165) is 11.8 Å². The van der Waals surface area contributed by atoms with Crippen LogP contribution in [0.3, 0.4) is 0 Å². The number of nitrogens with zero attached hydrogens (tertiary/aromatic N) is 2. The number of amidine groups is 1. The summed E-state index contributed by atoms with van der Waals surface area (Å²) in [5, 5.41) is 20.4. The van der Waals surface area contributed by atoms with Gasteiger partial charge in [0.1, 0.15) is 0 Å². The van der Waals surface area contributed by atoms with Crippen LogP contribution < -0.4 is 5.73 Å². The zero-order valence-corrected chi connectivity index (χ0v) is 9.68. The molecule has 0 fully saturated rings. The van der Waals surface area contributed by atoms with Gasteiger partial charge in [-0.05, 0) is 17.8 Å². The van der Waals surface area contributed by atoms with Gasteiger partial charge < -0.3 is 10.8 Å². The maximum absolute atomic E-state index is 11.3. The van der Waals surface area contributed by atoms with Gasteiger partial charge in [0.2, 0.25) is 5.75 Å². The molecule has 1 aliphatic heterocycles. The Bertz CT molecular complexity index is 609. The lowest BCUT2D eigenvalue weighted by atomic mass is 10.1. The molecule has 0 aromatic heterocycles. The minimum absolute atomic E-state index is 0.108. The second-order valence-corrected chi connectivity index (χ2v) is 4.40. The second kappa shape index (κ2) is 4.49. The van der Waals surface area contributed by atoms with E-state index in [9.17, 15) is 20.0 Å². The van der Waals surface area contributed by atoms with Gasteiger partial charge in [-0.15, -0.1) is 0 Å². The number of phenols is 1. The maximum Gasteiger partial charge on any atom is 0.311 e. The fourth-order valence-corrected chi connectivity index (χ4v) is 2.05. The summed E-state index contributed by atoms with van der Waals surface area (Å²) in [5.41, 5.74) is 5.11. The van der Waals surface area contributed by atoms with Gasteiger partial charge in [0.15, 0.2) is 5.17 Å². The Labute approximate surface area is 105 Å². The van der Waals surface area contributed by atoms with Crippen molar-refractivity contribution < 1.29 is 14.8 Å². The number of amides is 1. The van der Waals surface area contributed by atoms with E-state index < -0.39 is 22.3 Å². The fourth-order valence-electron chi connectivity index (χ4n) is 1.38. The third kappa shape index (κ3) is 2.18. The summed E-state index contributed by atoms with van der Waals surface area (Å²) < 4.78 is 0. The van der Waals surface area contributed by atoms with Crippen molar-refractivity contribution in [3.63, 3.8) is 0 Å². The van der Waals surface area contributed by atoms with Crippen LogP contribution in [0.5, 0.6) is 5.75 Å². The molecule has 7 nitrogen and oxygen atoms in total. The molecule has 1 aromatic rings. The number of benzene rings is 1. The van der Waals surface area contributed by atoms with Crippen molar-refractivity contribution in [3.05, 3.63) is 38.8 Å². The molecule has 1 amide bonds. The van der Waals surface area contributed by atoms with Gasteiger partial charge in [-0.1, -0.05) is 12.1 Å². The van der Waals surface area contributed by atoms with Gasteiger partial charge in [-0.25, -0.2) is 0 Å². The average molecular weight is 265 g/mol. The summed E-state index contributed by atoms with van der Waals surface area (Å²) in [7, 11) is 0. The van der Waals surface area contributed by atoms with Gasteiger partial charge in [-0.3, -0.25) is 14.9 Å². The molecule has 0 saturated carbocycles. The van der Waals surface area contributed by atoms with Gasteiger partial charge in [0.25, 0.3) is 5.91 Å². The number of aliphatic imine (C=N–C) groups is 1. The number of carbonyl (C=O) groups is 1. The van der Waals surface area contributed by atoms with E-state index in [2.05, 4.69) is 4.99 Å². The third-order valence-electron chi connectivity index (χ3n) is 2.17. The van der Waals surface area contributed by atoms with Gasteiger partial charge >= 0.3 is 5.69 Å². The number of aromatic hydroxyl groups is 1. The lowest BCUT2D eigenvalue weighted by molar-refractivity contribution is -0.385. The first-order chi connectivity index (χ1) is 8.49. The van der Waals surface area contributed by atoms with Crippen LogP contribution in [0.4, 0.5) is 5.69 Å². The smallest absolute Gasteiger partial charge is 0.311 e. The van der Waals surface area contributed by atoms with E-state index in [4.69, 9.17) is 5.73 Å². The lowest BCUT2D eigenvalue weighted by Gasteiger charge is -2.00. The number of thioether (sulfide) groups is 1. The summed E-state index contributed by atoms with van der Waals surface area (Å²) in [4.78, 5) is 25.0. The number of phenolic OH excluding ortho intramolecular Hbond substituents is 1.